The fraction of sp³-hybridized carbons (Fsp3) is 0.323. The third kappa shape index (κ3) is 5.61. The molecular formula is C31H33N5O6. The Balaban J connectivity index is 1.15. The first-order valence-electron chi connectivity index (χ1n) is 14.0. The van der Waals surface area contributed by atoms with E-state index in [1.807, 2.05) is 66.6 Å². The van der Waals surface area contributed by atoms with Gasteiger partial charge in [-0.2, -0.15) is 0 Å². The van der Waals surface area contributed by atoms with Gasteiger partial charge in [0.25, 0.3) is 5.91 Å². The van der Waals surface area contributed by atoms with Gasteiger partial charge in [0, 0.05) is 51.0 Å². The lowest BCUT2D eigenvalue weighted by molar-refractivity contribution is 0.0615. The number of rotatable bonds is 7. The third-order valence-corrected chi connectivity index (χ3v) is 7.63. The van der Waals surface area contributed by atoms with Crippen LogP contribution in [0.25, 0.3) is 16.8 Å². The summed E-state index contributed by atoms with van der Waals surface area (Å²) in [5, 5.41) is 11.9. The first-order valence-corrected chi connectivity index (χ1v) is 14.0. The molecular weight excluding hydrogens is 538 g/mol. The average Bonchev–Trinajstić information content (AvgIpc) is 3.60. The highest BCUT2D eigenvalue weighted by Gasteiger charge is 2.22. The normalized spacial score (nSPS) is 14.8. The smallest absolute Gasteiger partial charge is 0.414 e. The van der Waals surface area contributed by atoms with Crippen LogP contribution in [0.3, 0.4) is 0 Å². The van der Waals surface area contributed by atoms with E-state index in [0.29, 0.717) is 53.9 Å². The van der Waals surface area contributed by atoms with Crippen LogP contribution in [0.2, 0.25) is 0 Å². The molecule has 0 radical (unpaired) electrons. The van der Waals surface area contributed by atoms with Crippen molar-refractivity contribution in [2.75, 3.05) is 46.1 Å². The second-order valence-electron chi connectivity index (χ2n) is 10.5. The Bertz CT molecular complexity index is 1630. The molecule has 218 valence electrons. The number of nitrogens with one attached hydrogen (secondary N) is 1. The van der Waals surface area contributed by atoms with Gasteiger partial charge in [0.05, 0.1) is 6.61 Å². The molecule has 0 bridgehead atoms. The number of aromatic nitrogens is 2. The van der Waals surface area contributed by atoms with Gasteiger partial charge in [0.1, 0.15) is 11.3 Å². The van der Waals surface area contributed by atoms with Crippen LogP contribution in [0.4, 0.5) is 4.79 Å². The number of amides is 2. The van der Waals surface area contributed by atoms with E-state index >= 15 is 0 Å². The van der Waals surface area contributed by atoms with Gasteiger partial charge in [0.2, 0.25) is 12.7 Å². The summed E-state index contributed by atoms with van der Waals surface area (Å²) in [5.41, 5.74) is 5.53. The summed E-state index contributed by atoms with van der Waals surface area (Å²) >= 11 is 0. The number of nitrogens with zero attached hydrogens (tertiary/aromatic N) is 4. The average molecular weight is 572 g/mol. The maximum absolute atomic E-state index is 13.1. The molecule has 4 heterocycles. The number of hydrogen-bond acceptors (Lipinski definition) is 8. The molecule has 11 nitrogen and oxygen atoms in total. The number of carbonyl (C=O) groups is 2. The predicted octanol–water partition coefficient (Wildman–Crippen LogP) is 3.39. The van der Waals surface area contributed by atoms with Gasteiger partial charge < -0.3 is 29.5 Å². The lowest BCUT2D eigenvalue weighted by Gasteiger charge is -2.34. The number of ether oxygens (including phenoxy) is 3. The molecule has 0 atom stereocenters. The van der Waals surface area contributed by atoms with Crippen molar-refractivity contribution in [1.29, 1.82) is 0 Å². The minimum Gasteiger partial charge on any atom is -0.454 e. The van der Waals surface area contributed by atoms with E-state index in [-0.39, 0.29) is 25.9 Å². The Morgan fingerprint density at radius 2 is 1.74 bits per heavy atom. The van der Waals surface area contributed by atoms with Crippen molar-refractivity contribution >= 4 is 17.6 Å². The summed E-state index contributed by atoms with van der Waals surface area (Å²) < 4.78 is 18.3. The summed E-state index contributed by atoms with van der Waals surface area (Å²) in [4.78, 5) is 34.5. The van der Waals surface area contributed by atoms with E-state index in [9.17, 15) is 9.59 Å². The van der Waals surface area contributed by atoms with E-state index in [1.54, 1.807) is 11.3 Å². The third-order valence-electron chi connectivity index (χ3n) is 7.63. The highest BCUT2D eigenvalue weighted by atomic mass is 16.7. The van der Waals surface area contributed by atoms with Crippen LogP contribution in [0.5, 0.6) is 17.4 Å². The standard InChI is InChI=1S/C31H33N5O6/c1-20-15-25(23-4-6-24(7-5-23)29(38)35-11-9-34(10-12-35)13-14-37)18-36-28(20)33-21(2)30(36)42-31(39)32-17-22-3-8-26-27(16-22)41-19-40-26/h3-8,15-16,18,37H,9-14,17,19H2,1-2H3,(H,32,39). The largest absolute Gasteiger partial charge is 0.454 e. The Morgan fingerprint density at radius 3 is 2.50 bits per heavy atom. The van der Waals surface area contributed by atoms with Crippen molar-refractivity contribution in [3.63, 3.8) is 0 Å². The number of aliphatic hydroxyl groups excluding tert-OH is 1. The molecule has 2 amide bonds. The minimum absolute atomic E-state index is 0.00418. The lowest BCUT2D eigenvalue weighted by atomic mass is 10.0. The molecule has 2 aliphatic rings. The van der Waals surface area contributed by atoms with Crippen molar-refractivity contribution in [3.05, 3.63) is 77.1 Å². The number of imidazole rings is 1. The van der Waals surface area contributed by atoms with Gasteiger partial charge >= 0.3 is 6.09 Å². The van der Waals surface area contributed by atoms with E-state index in [4.69, 9.17) is 19.3 Å². The molecule has 6 rings (SSSR count). The Labute approximate surface area is 243 Å². The summed E-state index contributed by atoms with van der Waals surface area (Å²) in [6.07, 6.45) is 1.29. The van der Waals surface area contributed by atoms with Crippen molar-refractivity contribution in [2.45, 2.75) is 20.4 Å². The van der Waals surface area contributed by atoms with Crippen molar-refractivity contribution < 1.29 is 28.9 Å². The second-order valence-corrected chi connectivity index (χ2v) is 10.5. The molecule has 0 aliphatic carbocycles. The summed E-state index contributed by atoms with van der Waals surface area (Å²) in [6, 6.07) is 15.1. The van der Waals surface area contributed by atoms with Crippen molar-refractivity contribution in [3.8, 4) is 28.5 Å². The van der Waals surface area contributed by atoms with Crippen LogP contribution in [0.15, 0.2) is 54.7 Å². The molecule has 11 heteroatoms. The van der Waals surface area contributed by atoms with Crippen LogP contribution < -0.4 is 19.5 Å². The molecule has 2 aliphatic heterocycles. The lowest BCUT2D eigenvalue weighted by Crippen LogP contribution is -2.49. The molecule has 42 heavy (non-hydrogen) atoms. The number of carbonyl (C=O) groups excluding carboxylic acids is 2. The maximum Gasteiger partial charge on any atom is 0.414 e. The summed E-state index contributed by atoms with van der Waals surface area (Å²) in [6.45, 7) is 7.78. The number of hydrogen-bond donors (Lipinski definition) is 2. The van der Waals surface area contributed by atoms with Crippen molar-refractivity contribution in [1.82, 2.24) is 24.5 Å². The Morgan fingerprint density at radius 1 is 0.976 bits per heavy atom. The number of fused-ring (bicyclic) bond motifs is 2. The monoisotopic (exact) mass is 571 g/mol. The fourth-order valence-corrected chi connectivity index (χ4v) is 5.34. The second kappa shape index (κ2) is 11.7. The van der Waals surface area contributed by atoms with Gasteiger partial charge in [0.15, 0.2) is 11.5 Å². The molecule has 4 aromatic rings. The first-order chi connectivity index (χ1) is 20.4. The molecule has 1 fully saturated rings. The summed E-state index contributed by atoms with van der Waals surface area (Å²) in [7, 11) is 0. The van der Waals surface area contributed by atoms with Crippen LogP contribution in [0, 0.1) is 13.8 Å². The Hall–Kier alpha value is -4.61. The fourth-order valence-electron chi connectivity index (χ4n) is 5.34. The van der Waals surface area contributed by atoms with Gasteiger partial charge in [-0.15, -0.1) is 0 Å². The molecule has 1 saturated heterocycles. The van der Waals surface area contributed by atoms with Crippen LogP contribution >= 0.6 is 0 Å². The molecule has 2 aromatic heterocycles. The zero-order valence-corrected chi connectivity index (χ0v) is 23.6. The predicted molar refractivity (Wildman–Crippen MR) is 155 cm³/mol. The van der Waals surface area contributed by atoms with Crippen LogP contribution in [-0.2, 0) is 6.54 Å². The van der Waals surface area contributed by atoms with Gasteiger partial charge in [-0.25, -0.2) is 9.78 Å². The Kier molecular flexibility index (Phi) is 7.68. The molecule has 0 saturated carbocycles. The zero-order valence-electron chi connectivity index (χ0n) is 23.6. The van der Waals surface area contributed by atoms with E-state index < -0.39 is 6.09 Å². The first kappa shape index (κ1) is 27.6. The number of aliphatic hydroxyl groups is 1. The SMILES string of the molecule is Cc1nc2c(C)cc(-c3ccc(C(=O)N4CCN(CCO)CC4)cc3)cn2c1OC(=O)NCc1ccc2c(c1)OCO2. The molecule has 0 spiro atoms. The quantitative estimate of drug-likeness (QED) is 0.347. The van der Waals surface area contributed by atoms with Crippen LogP contribution in [0.1, 0.15) is 27.2 Å². The van der Waals surface area contributed by atoms with Crippen LogP contribution in [-0.4, -0.2) is 82.4 Å². The zero-order chi connectivity index (χ0) is 29.2. The van der Waals surface area contributed by atoms with Gasteiger partial charge in [-0.05, 0) is 66.4 Å². The van der Waals surface area contributed by atoms with Gasteiger partial charge in [-0.3, -0.25) is 14.1 Å². The van der Waals surface area contributed by atoms with E-state index in [1.165, 1.54) is 0 Å². The molecule has 0 unspecified atom stereocenters. The number of aryl methyl sites for hydroxylation is 2. The summed E-state index contributed by atoms with van der Waals surface area (Å²) in [5.74, 6) is 1.68. The van der Waals surface area contributed by atoms with Crippen molar-refractivity contribution in [2.24, 2.45) is 0 Å². The molecule has 2 N–H and O–H groups in total. The number of pyridine rings is 1. The number of β-amino-alcohol motifs (C(OH)–C–C–N with tert-alkyl or cyclic N) is 1. The number of benzene rings is 2. The molecule has 2 aromatic carbocycles. The van der Waals surface area contributed by atoms with Gasteiger partial charge in [-0.1, -0.05) is 18.2 Å². The van der Waals surface area contributed by atoms with E-state index in [2.05, 4.69) is 15.2 Å². The highest BCUT2D eigenvalue weighted by Crippen LogP contribution is 2.32. The minimum atomic E-state index is -0.597. The highest BCUT2D eigenvalue weighted by molar-refractivity contribution is 5.94. The number of piperazine rings is 1. The maximum atomic E-state index is 13.1. The van der Waals surface area contributed by atoms with E-state index in [0.717, 1.165) is 35.3 Å². The topological polar surface area (TPSA) is 118 Å².